The van der Waals surface area contributed by atoms with E-state index >= 15 is 0 Å². The molecular formula is C46H27N3. The van der Waals surface area contributed by atoms with Gasteiger partial charge in [-0.05, 0) is 85.8 Å². The second-order valence-electron chi connectivity index (χ2n) is 12.3. The van der Waals surface area contributed by atoms with Gasteiger partial charge in [0.05, 0.1) is 34.3 Å². The van der Waals surface area contributed by atoms with E-state index in [1.54, 1.807) is 0 Å². The van der Waals surface area contributed by atoms with Crippen molar-refractivity contribution in [2.45, 2.75) is 0 Å². The van der Waals surface area contributed by atoms with E-state index in [1.807, 2.05) is 36.4 Å². The minimum atomic E-state index is 0.596. The standard InChI is InChI=1S/C46H27N3/c47-28-30-22-25-44-42(26-30)36-15-10-11-21-43(36)49(44)33-23-24-34(32(27-33)29-48)35-14-4-5-16-37(35)46-40-19-8-6-17-38(40)45(31-12-2-1-3-13-31)39-18-7-9-20-41(39)46/h1-27H. The molecule has 0 fully saturated rings. The molecule has 9 rings (SSSR count). The molecular weight excluding hydrogens is 595 g/mol. The topological polar surface area (TPSA) is 52.5 Å². The normalized spacial score (nSPS) is 11.2. The predicted octanol–water partition coefficient (Wildman–Crippen LogP) is 11.8. The summed E-state index contributed by atoms with van der Waals surface area (Å²) in [5.74, 6) is 0. The van der Waals surface area contributed by atoms with Gasteiger partial charge in [-0.15, -0.1) is 0 Å². The molecule has 0 spiro atoms. The molecule has 226 valence electrons. The largest absolute Gasteiger partial charge is 0.309 e. The Bertz CT molecular complexity index is 2790. The van der Waals surface area contributed by atoms with Gasteiger partial charge < -0.3 is 4.57 Å². The molecule has 0 unspecified atom stereocenters. The lowest BCUT2D eigenvalue weighted by Crippen LogP contribution is -1.97. The highest BCUT2D eigenvalue weighted by molar-refractivity contribution is 6.22. The van der Waals surface area contributed by atoms with E-state index < -0.39 is 0 Å². The molecule has 8 aromatic carbocycles. The second-order valence-corrected chi connectivity index (χ2v) is 12.3. The average molecular weight is 622 g/mol. The maximum Gasteiger partial charge on any atom is 0.0998 e. The summed E-state index contributed by atoms with van der Waals surface area (Å²) < 4.78 is 2.19. The van der Waals surface area contributed by atoms with Gasteiger partial charge in [0.15, 0.2) is 0 Å². The molecule has 0 amide bonds. The molecule has 0 saturated carbocycles. The molecule has 0 aliphatic heterocycles. The first-order valence-electron chi connectivity index (χ1n) is 16.3. The number of rotatable bonds is 4. The van der Waals surface area contributed by atoms with Crippen LogP contribution in [0.1, 0.15) is 11.1 Å². The van der Waals surface area contributed by atoms with E-state index in [4.69, 9.17) is 0 Å². The van der Waals surface area contributed by atoms with E-state index in [-0.39, 0.29) is 0 Å². The first kappa shape index (κ1) is 28.3. The second kappa shape index (κ2) is 11.4. The Kier molecular flexibility index (Phi) is 6.58. The number of hydrogen-bond donors (Lipinski definition) is 0. The first-order valence-corrected chi connectivity index (χ1v) is 16.3. The lowest BCUT2D eigenvalue weighted by molar-refractivity contribution is 1.18. The van der Waals surface area contributed by atoms with Gasteiger partial charge in [-0.25, -0.2) is 0 Å². The molecule has 0 saturated heterocycles. The van der Waals surface area contributed by atoms with Crippen molar-refractivity contribution in [2.24, 2.45) is 0 Å². The van der Waals surface area contributed by atoms with Crippen LogP contribution in [0, 0.1) is 22.7 Å². The number of benzene rings is 8. The van der Waals surface area contributed by atoms with Crippen molar-refractivity contribution in [3.8, 4) is 51.2 Å². The third kappa shape index (κ3) is 4.42. The van der Waals surface area contributed by atoms with Gasteiger partial charge in [-0.1, -0.05) is 127 Å². The maximum absolute atomic E-state index is 10.7. The molecule has 3 heteroatoms. The molecule has 1 heterocycles. The van der Waals surface area contributed by atoms with Crippen LogP contribution in [0.2, 0.25) is 0 Å². The summed E-state index contributed by atoms with van der Waals surface area (Å²) in [6.45, 7) is 0. The molecule has 0 N–H and O–H groups in total. The van der Waals surface area contributed by atoms with Crippen molar-refractivity contribution >= 4 is 43.4 Å². The van der Waals surface area contributed by atoms with Crippen LogP contribution in [-0.2, 0) is 0 Å². The van der Waals surface area contributed by atoms with Gasteiger partial charge in [-0.3, -0.25) is 0 Å². The fourth-order valence-electron chi connectivity index (χ4n) is 7.59. The van der Waals surface area contributed by atoms with Crippen LogP contribution in [0.5, 0.6) is 0 Å². The van der Waals surface area contributed by atoms with E-state index in [9.17, 15) is 10.5 Å². The SMILES string of the molecule is N#Cc1ccc2c(c1)c1ccccc1n2-c1ccc(-c2ccccc2-c2c3ccccc3c(-c3ccccc3)c3ccccc23)c(C#N)c1. The summed E-state index contributed by atoms with van der Waals surface area (Å²) in [6.07, 6.45) is 0. The van der Waals surface area contributed by atoms with Gasteiger partial charge in [0, 0.05) is 22.0 Å². The smallest absolute Gasteiger partial charge is 0.0998 e. The quantitative estimate of drug-likeness (QED) is 0.184. The maximum atomic E-state index is 10.7. The van der Waals surface area contributed by atoms with Gasteiger partial charge in [0.25, 0.3) is 0 Å². The molecule has 0 aliphatic carbocycles. The van der Waals surface area contributed by atoms with Crippen LogP contribution >= 0.6 is 0 Å². The highest BCUT2D eigenvalue weighted by atomic mass is 15.0. The fraction of sp³-hybridized carbons (Fsp3) is 0. The average Bonchev–Trinajstić information content (AvgIpc) is 3.50. The van der Waals surface area contributed by atoms with Crippen molar-refractivity contribution in [1.29, 1.82) is 10.5 Å². The third-order valence-corrected chi connectivity index (χ3v) is 9.66. The summed E-state index contributed by atoms with van der Waals surface area (Å²) in [6, 6.07) is 61.4. The molecule has 3 nitrogen and oxygen atoms in total. The number of nitrogens with zero attached hydrogens (tertiary/aromatic N) is 3. The Morgan fingerprint density at radius 1 is 0.388 bits per heavy atom. The van der Waals surface area contributed by atoms with Gasteiger partial charge in [0.2, 0.25) is 0 Å². The predicted molar refractivity (Wildman–Crippen MR) is 202 cm³/mol. The number of nitriles is 2. The Hall–Kier alpha value is -6.94. The number of fused-ring (bicyclic) bond motifs is 5. The zero-order valence-corrected chi connectivity index (χ0v) is 26.4. The minimum absolute atomic E-state index is 0.596. The lowest BCUT2D eigenvalue weighted by atomic mass is 9.83. The Morgan fingerprint density at radius 2 is 0.959 bits per heavy atom. The molecule has 0 bridgehead atoms. The zero-order chi connectivity index (χ0) is 32.9. The third-order valence-electron chi connectivity index (χ3n) is 9.66. The van der Waals surface area contributed by atoms with Crippen molar-refractivity contribution in [1.82, 2.24) is 4.57 Å². The van der Waals surface area contributed by atoms with Gasteiger partial charge in [0.1, 0.15) is 0 Å². The minimum Gasteiger partial charge on any atom is -0.309 e. The van der Waals surface area contributed by atoms with Crippen LogP contribution in [0.25, 0.3) is 82.4 Å². The highest BCUT2D eigenvalue weighted by Gasteiger charge is 2.20. The van der Waals surface area contributed by atoms with Crippen LogP contribution in [0.3, 0.4) is 0 Å². The Balaban J connectivity index is 1.29. The summed E-state index contributed by atoms with van der Waals surface area (Å²) in [7, 11) is 0. The Morgan fingerprint density at radius 3 is 1.63 bits per heavy atom. The molecule has 0 aliphatic rings. The monoisotopic (exact) mass is 621 g/mol. The van der Waals surface area contributed by atoms with E-state index in [2.05, 4.69) is 144 Å². The number of aromatic nitrogens is 1. The summed E-state index contributed by atoms with van der Waals surface area (Å²) in [5.41, 5.74) is 10.7. The van der Waals surface area contributed by atoms with Gasteiger partial charge >= 0.3 is 0 Å². The van der Waals surface area contributed by atoms with Crippen molar-refractivity contribution in [2.75, 3.05) is 0 Å². The van der Waals surface area contributed by atoms with Crippen molar-refractivity contribution in [3.05, 3.63) is 175 Å². The molecule has 0 atom stereocenters. The van der Waals surface area contributed by atoms with E-state index in [0.29, 0.717) is 11.1 Å². The number of para-hydroxylation sites is 1. The Labute approximate surface area is 283 Å². The van der Waals surface area contributed by atoms with E-state index in [1.165, 1.54) is 32.7 Å². The summed E-state index contributed by atoms with van der Waals surface area (Å²) in [4.78, 5) is 0. The lowest BCUT2D eigenvalue weighted by Gasteiger charge is -2.20. The molecule has 1 aromatic heterocycles. The summed E-state index contributed by atoms with van der Waals surface area (Å²) in [5, 5.41) is 27.1. The van der Waals surface area contributed by atoms with Crippen molar-refractivity contribution in [3.63, 3.8) is 0 Å². The fourth-order valence-corrected chi connectivity index (χ4v) is 7.59. The van der Waals surface area contributed by atoms with Crippen molar-refractivity contribution < 1.29 is 0 Å². The summed E-state index contributed by atoms with van der Waals surface area (Å²) >= 11 is 0. The molecule has 0 radical (unpaired) electrons. The van der Waals surface area contributed by atoms with E-state index in [0.717, 1.165) is 49.7 Å². The van der Waals surface area contributed by atoms with Crippen LogP contribution in [0.15, 0.2) is 164 Å². The highest BCUT2D eigenvalue weighted by Crippen LogP contribution is 2.46. The molecule has 49 heavy (non-hydrogen) atoms. The van der Waals surface area contributed by atoms with Crippen LogP contribution < -0.4 is 0 Å². The zero-order valence-electron chi connectivity index (χ0n) is 26.4. The van der Waals surface area contributed by atoms with Crippen LogP contribution in [-0.4, -0.2) is 4.57 Å². The number of hydrogen-bond acceptors (Lipinski definition) is 2. The van der Waals surface area contributed by atoms with Gasteiger partial charge in [-0.2, -0.15) is 10.5 Å². The van der Waals surface area contributed by atoms with Crippen LogP contribution in [0.4, 0.5) is 0 Å². The first-order chi connectivity index (χ1) is 24.2. The molecule has 9 aromatic rings.